The molecule has 4 rings (SSSR count). The number of anilines is 1. The van der Waals surface area contributed by atoms with E-state index in [0.29, 0.717) is 19.6 Å². The molecule has 124 valence electrons. The van der Waals surface area contributed by atoms with Gasteiger partial charge in [0.1, 0.15) is 24.9 Å². The van der Waals surface area contributed by atoms with Gasteiger partial charge in [-0.25, -0.2) is 9.78 Å². The molecule has 1 amide bonds. The lowest BCUT2D eigenvalue weighted by atomic mass is 10.0. The van der Waals surface area contributed by atoms with E-state index in [1.54, 1.807) is 23.5 Å². The number of aliphatic hydroxyl groups excluding tert-OH is 1. The van der Waals surface area contributed by atoms with Gasteiger partial charge in [0.15, 0.2) is 0 Å². The van der Waals surface area contributed by atoms with E-state index in [2.05, 4.69) is 10.3 Å². The van der Waals surface area contributed by atoms with Crippen LogP contribution in [0.15, 0.2) is 48.7 Å². The number of aliphatic hydroxyl groups is 1. The molecule has 2 aromatic rings. The molecule has 0 fully saturated rings. The standard InChI is InChI=1S/C17H18N4O3/c22-16-4-1-13-7-14(2-3-15(13)19-16)24-10-12-8-21(9-12)17(23)20-6-5-18-11-20/h2-3,5-8,11,16,19,22H,1,4,9-10H2. The molecule has 3 heterocycles. The third-order valence-corrected chi connectivity index (χ3v) is 4.19. The van der Waals surface area contributed by atoms with Crippen LogP contribution in [0.25, 0.3) is 0 Å². The van der Waals surface area contributed by atoms with Gasteiger partial charge in [-0.2, -0.15) is 0 Å². The van der Waals surface area contributed by atoms with Crippen LogP contribution in [-0.4, -0.2) is 45.0 Å². The Morgan fingerprint density at radius 2 is 2.33 bits per heavy atom. The highest BCUT2D eigenvalue weighted by Crippen LogP contribution is 2.28. The second kappa shape index (κ2) is 6.01. The lowest BCUT2D eigenvalue weighted by molar-refractivity contribution is 0.189. The van der Waals surface area contributed by atoms with Crippen molar-refractivity contribution in [2.24, 2.45) is 0 Å². The fourth-order valence-corrected chi connectivity index (χ4v) is 2.87. The van der Waals surface area contributed by atoms with Crippen LogP contribution in [0.4, 0.5) is 10.5 Å². The van der Waals surface area contributed by atoms with E-state index < -0.39 is 6.23 Å². The van der Waals surface area contributed by atoms with Gasteiger partial charge in [-0.3, -0.25) is 9.47 Å². The maximum atomic E-state index is 12.0. The summed E-state index contributed by atoms with van der Waals surface area (Å²) in [5.41, 5.74) is 3.17. The molecule has 2 N–H and O–H groups in total. The number of hydrogen-bond acceptors (Lipinski definition) is 5. The van der Waals surface area contributed by atoms with Gasteiger partial charge in [-0.05, 0) is 36.6 Å². The Hall–Kier alpha value is -2.80. The molecular weight excluding hydrogens is 308 g/mol. The van der Waals surface area contributed by atoms with Crippen LogP contribution in [0.3, 0.4) is 0 Å². The fraction of sp³-hybridized carbons (Fsp3) is 0.294. The minimum absolute atomic E-state index is 0.116. The van der Waals surface area contributed by atoms with Crippen molar-refractivity contribution in [3.8, 4) is 5.75 Å². The number of aromatic nitrogens is 2. The molecule has 0 aliphatic carbocycles. The van der Waals surface area contributed by atoms with Crippen LogP contribution in [-0.2, 0) is 6.42 Å². The summed E-state index contributed by atoms with van der Waals surface area (Å²) in [7, 11) is 0. The maximum Gasteiger partial charge on any atom is 0.333 e. The molecule has 0 radical (unpaired) electrons. The zero-order valence-corrected chi connectivity index (χ0v) is 13.1. The number of aryl methyl sites for hydroxylation is 1. The van der Waals surface area contributed by atoms with Crippen molar-refractivity contribution in [3.63, 3.8) is 0 Å². The highest BCUT2D eigenvalue weighted by Gasteiger charge is 2.23. The molecule has 2 aliphatic heterocycles. The van der Waals surface area contributed by atoms with Crippen LogP contribution < -0.4 is 10.1 Å². The van der Waals surface area contributed by atoms with Crippen LogP contribution in [0.5, 0.6) is 5.75 Å². The molecule has 0 saturated heterocycles. The number of ether oxygens (including phenoxy) is 1. The van der Waals surface area contributed by atoms with Gasteiger partial charge in [-0.1, -0.05) is 0 Å². The number of nitrogens with zero attached hydrogens (tertiary/aromatic N) is 3. The minimum Gasteiger partial charge on any atom is -0.489 e. The molecule has 0 saturated carbocycles. The normalized spacial score (nSPS) is 19.0. The molecule has 2 aliphatic rings. The maximum absolute atomic E-state index is 12.0. The largest absolute Gasteiger partial charge is 0.489 e. The lowest BCUT2D eigenvalue weighted by Gasteiger charge is -2.29. The van der Waals surface area contributed by atoms with E-state index in [1.165, 1.54) is 10.9 Å². The first-order chi connectivity index (χ1) is 11.7. The number of carbonyl (C=O) groups excluding carboxylic acids is 1. The van der Waals surface area contributed by atoms with E-state index in [1.807, 2.05) is 18.2 Å². The highest BCUT2D eigenvalue weighted by atomic mass is 16.5. The molecule has 1 aromatic heterocycles. The number of fused-ring (bicyclic) bond motifs is 1. The number of hydrogen-bond donors (Lipinski definition) is 2. The lowest BCUT2D eigenvalue weighted by Crippen LogP contribution is -2.39. The Balaban J connectivity index is 1.34. The molecule has 1 unspecified atom stereocenters. The second-order valence-electron chi connectivity index (χ2n) is 5.97. The van der Waals surface area contributed by atoms with Gasteiger partial charge in [0, 0.05) is 29.9 Å². The SMILES string of the molecule is O=C(N1C=C(COc2ccc3c(c2)CCC(O)N3)C1)n1ccnc1. The molecular formula is C17H18N4O3. The average Bonchev–Trinajstić information content (AvgIpc) is 3.07. The molecule has 1 atom stereocenters. The summed E-state index contributed by atoms with van der Waals surface area (Å²) in [6.07, 6.45) is 7.56. The molecule has 7 heteroatoms. The zero-order chi connectivity index (χ0) is 16.5. The van der Waals surface area contributed by atoms with E-state index in [-0.39, 0.29) is 6.03 Å². The van der Waals surface area contributed by atoms with Crippen molar-refractivity contribution in [1.29, 1.82) is 0 Å². The number of amides is 1. The number of carbonyl (C=O) groups is 1. The van der Waals surface area contributed by atoms with Crippen molar-refractivity contribution in [2.45, 2.75) is 19.1 Å². The minimum atomic E-state index is -0.469. The Morgan fingerprint density at radius 3 is 3.12 bits per heavy atom. The quantitative estimate of drug-likeness (QED) is 0.899. The van der Waals surface area contributed by atoms with E-state index in [4.69, 9.17) is 4.74 Å². The van der Waals surface area contributed by atoms with Crippen LogP contribution in [0, 0.1) is 0 Å². The van der Waals surface area contributed by atoms with Gasteiger partial charge in [0.2, 0.25) is 0 Å². The van der Waals surface area contributed by atoms with Gasteiger partial charge in [0.05, 0.1) is 6.54 Å². The number of rotatable bonds is 3. The topological polar surface area (TPSA) is 79.6 Å². The molecule has 0 bridgehead atoms. The van der Waals surface area contributed by atoms with Gasteiger partial charge < -0.3 is 15.2 Å². The first kappa shape index (κ1) is 14.8. The molecule has 7 nitrogen and oxygen atoms in total. The smallest absolute Gasteiger partial charge is 0.333 e. The summed E-state index contributed by atoms with van der Waals surface area (Å²) in [5.74, 6) is 0.798. The first-order valence-corrected chi connectivity index (χ1v) is 7.88. The van der Waals surface area contributed by atoms with E-state index >= 15 is 0 Å². The highest BCUT2D eigenvalue weighted by molar-refractivity contribution is 5.79. The van der Waals surface area contributed by atoms with Crippen LogP contribution in [0.1, 0.15) is 12.0 Å². The van der Waals surface area contributed by atoms with Crippen LogP contribution in [0.2, 0.25) is 0 Å². The summed E-state index contributed by atoms with van der Waals surface area (Å²) in [5, 5.41) is 12.6. The van der Waals surface area contributed by atoms with Gasteiger partial charge in [0.25, 0.3) is 0 Å². The third kappa shape index (κ3) is 2.85. The summed E-state index contributed by atoms with van der Waals surface area (Å²) < 4.78 is 7.25. The molecule has 24 heavy (non-hydrogen) atoms. The van der Waals surface area contributed by atoms with Crippen molar-refractivity contribution in [1.82, 2.24) is 14.5 Å². The monoisotopic (exact) mass is 326 g/mol. The summed E-state index contributed by atoms with van der Waals surface area (Å²) in [4.78, 5) is 17.5. The number of benzene rings is 1. The van der Waals surface area contributed by atoms with Gasteiger partial charge in [-0.15, -0.1) is 0 Å². The zero-order valence-electron chi connectivity index (χ0n) is 13.1. The predicted molar refractivity (Wildman–Crippen MR) is 87.7 cm³/mol. The Morgan fingerprint density at radius 1 is 1.46 bits per heavy atom. The van der Waals surface area contributed by atoms with Crippen molar-refractivity contribution >= 4 is 11.7 Å². The molecule has 1 aromatic carbocycles. The number of nitrogens with one attached hydrogen (secondary N) is 1. The average molecular weight is 326 g/mol. The van der Waals surface area contributed by atoms with Crippen molar-refractivity contribution < 1.29 is 14.6 Å². The fourth-order valence-electron chi connectivity index (χ4n) is 2.87. The summed E-state index contributed by atoms with van der Waals surface area (Å²) in [6, 6.07) is 5.70. The van der Waals surface area contributed by atoms with Gasteiger partial charge >= 0.3 is 6.03 Å². The number of imidazole rings is 1. The van der Waals surface area contributed by atoms with Crippen LogP contribution >= 0.6 is 0 Å². The van der Waals surface area contributed by atoms with Crippen molar-refractivity contribution in [2.75, 3.05) is 18.5 Å². The van der Waals surface area contributed by atoms with E-state index in [0.717, 1.165) is 29.0 Å². The van der Waals surface area contributed by atoms with E-state index in [9.17, 15) is 9.90 Å². The first-order valence-electron chi connectivity index (χ1n) is 7.88. The molecule has 0 spiro atoms. The Labute approximate surface area is 139 Å². The predicted octanol–water partition coefficient (Wildman–Crippen LogP) is 1.81. The Kier molecular flexibility index (Phi) is 3.70. The van der Waals surface area contributed by atoms with Crippen molar-refractivity contribution in [3.05, 3.63) is 54.3 Å². The summed E-state index contributed by atoms with van der Waals surface area (Å²) >= 11 is 0. The Bertz CT molecular complexity index is 785. The third-order valence-electron chi connectivity index (χ3n) is 4.19. The summed E-state index contributed by atoms with van der Waals surface area (Å²) in [6.45, 7) is 1.03. The second-order valence-corrected chi connectivity index (χ2v) is 5.97.